The number of nitrogens with two attached hydrogens (primary N) is 1. The molecule has 14 heavy (non-hydrogen) atoms. The zero-order valence-electron chi connectivity index (χ0n) is 9.01. The molecule has 1 aliphatic carbocycles. The average Bonchev–Trinajstić information content (AvgIpc) is 2.85. The van der Waals surface area contributed by atoms with Crippen molar-refractivity contribution < 1.29 is 9.53 Å². The summed E-state index contributed by atoms with van der Waals surface area (Å²) in [5.74, 6) is 0.296. The summed E-state index contributed by atoms with van der Waals surface area (Å²) in [4.78, 5) is 11.0. The molecule has 1 unspecified atom stereocenters. The van der Waals surface area contributed by atoms with Gasteiger partial charge in [0, 0.05) is 13.5 Å². The van der Waals surface area contributed by atoms with Gasteiger partial charge in [0.05, 0.1) is 12.1 Å². The van der Waals surface area contributed by atoms with Crippen molar-refractivity contribution in [2.45, 2.75) is 31.7 Å². The van der Waals surface area contributed by atoms with E-state index < -0.39 is 0 Å². The van der Waals surface area contributed by atoms with Gasteiger partial charge in [0.25, 0.3) is 0 Å². The molecule has 0 saturated heterocycles. The molecule has 0 aromatic heterocycles. The van der Waals surface area contributed by atoms with Crippen molar-refractivity contribution in [3.05, 3.63) is 0 Å². The number of carbonyl (C=O) groups excluding carboxylic acids is 1. The lowest BCUT2D eigenvalue weighted by molar-refractivity contribution is -0.120. The molecule has 82 valence electrons. The van der Waals surface area contributed by atoms with E-state index in [1.165, 1.54) is 12.8 Å². The minimum Gasteiger partial charge on any atom is -0.383 e. The van der Waals surface area contributed by atoms with E-state index in [1.807, 2.05) is 6.92 Å². The number of nitrogens with one attached hydrogen (secondary N) is 1. The van der Waals surface area contributed by atoms with Crippen LogP contribution >= 0.6 is 0 Å². The Morgan fingerprint density at radius 1 is 1.64 bits per heavy atom. The molecule has 1 fully saturated rings. The van der Waals surface area contributed by atoms with Crippen molar-refractivity contribution in [3.8, 4) is 0 Å². The third-order valence-electron chi connectivity index (χ3n) is 2.78. The molecular weight excluding hydrogens is 180 g/mol. The average molecular weight is 200 g/mol. The molecule has 4 nitrogen and oxygen atoms in total. The molecule has 1 saturated carbocycles. The van der Waals surface area contributed by atoms with Crippen molar-refractivity contribution in [2.24, 2.45) is 11.7 Å². The topological polar surface area (TPSA) is 64.3 Å². The summed E-state index contributed by atoms with van der Waals surface area (Å²) in [6, 6.07) is 0. The number of rotatable bonds is 7. The van der Waals surface area contributed by atoms with E-state index in [1.54, 1.807) is 7.11 Å². The van der Waals surface area contributed by atoms with Gasteiger partial charge in [-0.25, -0.2) is 0 Å². The van der Waals surface area contributed by atoms with Crippen LogP contribution in [0.3, 0.4) is 0 Å². The van der Waals surface area contributed by atoms with Gasteiger partial charge in [-0.2, -0.15) is 0 Å². The summed E-state index contributed by atoms with van der Waals surface area (Å²) in [5.41, 5.74) is 5.06. The number of methoxy groups -OCH3 is 1. The van der Waals surface area contributed by atoms with E-state index in [0.717, 1.165) is 6.54 Å². The third-order valence-corrected chi connectivity index (χ3v) is 2.78. The van der Waals surface area contributed by atoms with E-state index in [-0.39, 0.29) is 11.4 Å². The van der Waals surface area contributed by atoms with Crippen LogP contribution in [0.25, 0.3) is 0 Å². The second-order valence-corrected chi connectivity index (χ2v) is 4.04. The zero-order valence-corrected chi connectivity index (χ0v) is 9.01. The second kappa shape index (κ2) is 4.75. The summed E-state index contributed by atoms with van der Waals surface area (Å²) in [7, 11) is 1.66. The Balaban J connectivity index is 2.66. The first-order valence-electron chi connectivity index (χ1n) is 5.17. The van der Waals surface area contributed by atoms with Crippen LogP contribution in [-0.4, -0.2) is 31.7 Å². The highest BCUT2D eigenvalue weighted by atomic mass is 16.5. The van der Waals surface area contributed by atoms with E-state index in [2.05, 4.69) is 5.32 Å². The predicted molar refractivity (Wildman–Crippen MR) is 54.8 cm³/mol. The smallest absolute Gasteiger partial charge is 0.219 e. The maximum atomic E-state index is 11.0. The van der Waals surface area contributed by atoms with Crippen LogP contribution in [0, 0.1) is 5.92 Å². The van der Waals surface area contributed by atoms with Crippen LogP contribution in [0.5, 0.6) is 0 Å². The first kappa shape index (κ1) is 11.5. The third kappa shape index (κ3) is 2.69. The standard InChI is InChI=1S/C10H20N2O2/c1-3-12-10(7-14-2,6-9(11)13)8-4-5-8/h8,12H,3-7H2,1-2H3,(H2,11,13). The Morgan fingerprint density at radius 3 is 2.64 bits per heavy atom. The fourth-order valence-corrected chi connectivity index (χ4v) is 2.13. The van der Waals surface area contributed by atoms with Crippen LogP contribution in [0.1, 0.15) is 26.2 Å². The monoisotopic (exact) mass is 200 g/mol. The van der Waals surface area contributed by atoms with E-state index in [0.29, 0.717) is 18.9 Å². The fraction of sp³-hybridized carbons (Fsp3) is 0.900. The molecule has 1 rings (SSSR count). The maximum Gasteiger partial charge on any atom is 0.219 e. The summed E-state index contributed by atoms with van der Waals surface area (Å²) in [6.07, 6.45) is 2.71. The van der Waals surface area contributed by atoms with Crippen LogP contribution in [0.4, 0.5) is 0 Å². The van der Waals surface area contributed by atoms with Crippen molar-refractivity contribution >= 4 is 5.91 Å². The van der Waals surface area contributed by atoms with Gasteiger partial charge in [-0.1, -0.05) is 6.92 Å². The minimum atomic E-state index is -0.255. The molecule has 0 bridgehead atoms. The molecule has 3 N–H and O–H groups in total. The highest BCUT2D eigenvalue weighted by Crippen LogP contribution is 2.41. The number of amides is 1. The number of likely N-dealkylation sites (N-methyl/N-ethyl adjacent to an activating group) is 1. The number of hydrogen-bond donors (Lipinski definition) is 2. The summed E-state index contributed by atoms with van der Waals surface area (Å²) in [5, 5.41) is 3.36. The molecule has 0 heterocycles. The van der Waals surface area contributed by atoms with Crippen molar-refractivity contribution in [1.29, 1.82) is 0 Å². The highest BCUT2D eigenvalue weighted by Gasteiger charge is 2.45. The van der Waals surface area contributed by atoms with E-state index in [9.17, 15) is 4.79 Å². The van der Waals surface area contributed by atoms with Gasteiger partial charge < -0.3 is 15.8 Å². The van der Waals surface area contributed by atoms with Crippen molar-refractivity contribution in [1.82, 2.24) is 5.32 Å². The molecule has 1 atom stereocenters. The number of carbonyl (C=O) groups is 1. The Labute approximate surface area is 85.2 Å². The number of hydrogen-bond acceptors (Lipinski definition) is 3. The largest absolute Gasteiger partial charge is 0.383 e. The van der Waals surface area contributed by atoms with Gasteiger partial charge in [0.2, 0.25) is 5.91 Å². The van der Waals surface area contributed by atoms with Gasteiger partial charge in [-0.15, -0.1) is 0 Å². The number of primary amides is 1. The Bertz CT molecular complexity index is 196. The molecule has 1 aliphatic rings. The fourth-order valence-electron chi connectivity index (χ4n) is 2.13. The SMILES string of the molecule is CCNC(COC)(CC(N)=O)C1CC1. The molecule has 0 aromatic rings. The van der Waals surface area contributed by atoms with Crippen LogP contribution < -0.4 is 11.1 Å². The molecular formula is C10H20N2O2. The van der Waals surface area contributed by atoms with E-state index in [4.69, 9.17) is 10.5 Å². The zero-order chi connectivity index (χ0) is 10.6. The van der Waals surface area contributed by atoms with Crippen LogP contribution in [-0.2, 0) is 9.53 Å². The number of ether oxygens (including phenoxy) is 1. The van der Waals surface area contributed by atoms with Gasteiger partial charge in [-0.05, 0) is 25.3 Å². The van der Waals surface area contributed by atoms with E-state index >= 15 is 0 Å². The van der Waals surface area contributed by atoms with Crippen LogP contribution in [0.15, 0.2) is 0 Å². The first-order chi connectivity index (χ1) is 6.64. The van der Waals surface area contributed by atoms with Gasteiger partial charge in [0.15, 0.2) is 0 Å². The Kier molecular flexibility index (Phi) is 3.89. The van der Waals surface area contributed by atoms with Crippen LogP contribution in [0.2, 0.25) is 0 Å². The summed E-state index contributed by atoms with van der Waals surface area (Å²) >= 11 is 0. The Morgan fingerprint density at radius 2 is 2.29 bits per heavy atom. The summed E-state index contributed by atoms with van der Waals surface area (Å²) in [6.45, 7) is 3.44. The summed E-state index contributed by atoms with van der Waals surface area (Å²) < 4.78 is 5.19. The second-order valence-electron chi connectivity index (χ2n) is 4.04. The minimum absolute atomic E-state index is 0.213. The molecule has 0 radical (unpaired) electrons. The maximum absolute atomic E-state index is 11.0. The quantitative estimate of drug-likeness (QED) is 0.620. The van der Waals surface area contributed by atoms with Gasteiger partial charge >= 0.3 is 0 Å². The molecule has 0 spiro atoms. The molecule has 4 heteroatoms. The first-order valence-corrected chi connectivity index (χ1v) is 5.17. The molecule has 0 aliphatic heterocycles. The normalized spacial score (nSPS) is 20.4. The predicted octanol–water partition coefficient (Wildman–Crippen LogP) is 0.267. The van der Waals surface area contributed by atoms with Crippen molar-refractivity contribution in [3.63, 3.8) is 0 Å². The van der Waals surface area contributed by atoms with Crippen molar-refractivity contribution in [2.75, 3.05) is 20.3 Å². The molecule has 0 aromatic carbocycles. The highest BCUT2D eigenvalue weighted by molar-refractivity contribution is 5.75. The Hall–Kier alpha value is -0.610. The lowest BCUT2D eigenvalue weighted by atomic mass is 9.89. The van der Waals surface area contributed by atoms with Gasteiger partial charge in [0.1, 0.15) is 0 Å². The lowest BCUT2D eigenvalue weighted by Crippen LogP contribution is -2.53. The lowest BCUT2D eigenvalue weighted by Gasteiger charge is -2.33. The molecule has 1 amide bonds. The van der Waals surface area contributed by atoms with Gasteiger partial charge in [-0.3, -0.25) is 4.79 Å².